The number of benzene rings is 1. The van der Waals surface area contributed by atoms with Gasteiger partial charge >= 0.3 is 0 Å². The van der Waals surface area contributed by atoms with Gasteiger partial charge in [-0.05, 0) is 44.5 Å². The number of primary amides is 1. The predicted octanol–water partition coefficient (Wildman–Crippen LogP) is 0.0279. The third kappa shape index (κ3) is 3.75. The number of anilines is 1. The number of hydrogen-bond acceptors (Lipinski definition) is 10. The first-order valence-electron chi connectivity index (χ1n) is 12.0. The Hall–Kier alpha value is -3.85. The molecule has 0 radical (unpaired) electrons. The molecule has 202 valence electrons. The van der Waals surface area contributed by atoms with Gasteiger partial charge in [0.05, 0.1) is 17.2 Å². The van der Waals surface area contributed by atoms with E-state index < -0.39 is 58.0 Å². The number of ketones is 2. The van der Waals surface area contributed by atoms with E-state index >= 15 is 0 Å². The lowest BCUT2D eigenvalue weighted by molar-refractivity contribution is -0.153. The molecule has 1 saturated carbocycles. The summed E-state index contributed by atoms with van der Waals surface area (Å²) in [6.07, 6.45) is 0.218. The van der Waals surface area contributed by atoms with Crippen molar-refractivity contribution >= 4 is 28.9 Å². The molecule has 6 N–H and O–H groups in total. The van der Waals surface area contributed by atoms with Crippen LogP contribution in [0.1, 0.15) is 23.1 Å². The number of methoxy groups -OCH3 is 1. The SMILES string of the molecule is COCC#Cc1cc(N(C)C)c2c(c1O)C(O)=C1C(=O)[C@]3(O)C(O)=C(C(N)=O)C(=O)[C@H](N(C)C)[C@@H]3C[C@@H]1C2. The predicted molar refractivity (Wildman–Crippen MR) is 137 cm³/mol. The monoisotopic (exact) mass is 525 g/mol. The van der Waals surface area contributed by atoms with Gasteiger partial charge in [0.15, 0.2) is 11.4 Å². The molecule has 0 saturated heterocycles. The van der Waals surface area contributed by atoms with Crippen LogP contribution in [0.25, 0.3) is 5.76 Å². The Bertz CT molecular complexity index is 1380. The van der Waals surface area contributed by atoms with Crippen LogP contribution in [0.2, 0.25) is 0 Å². The highest BCUT2D eigenvalue weighted by Crippen LogP contribution is 2.54. The highest BCUT2D eigenvalue weighted by molar-refractivity contribution is 6.24. The largest absolute Gasteiger partial charge is 0.508 e. The number of ether oxygens (including phenoxy) is 1. The van der Waals surface area contributed by atoms with Gasteiger partial charge in [0, 0.05) is 38.4 Å². The maximum absolute atomic E-state index is 13.9. The van der Waals surface area contributed by atoms with Gasteiger partial charge in [-0.15, -0.1) is 0 Å². The van der Waals surface area contributed by atoms with Crippen LogP contribution in [0.15, 0.2) is 23.0 Å². The molecule has 0 heterocycles. The molecule has 4 rings (SSSR count). The number of nitrogens with two attached hydrogens (primary N) is 1. The van der Waals surface area contributed by atoms with Crippen molar-refractivity contribution in [3.05, 3.63) is 39.7 Å². The number of aliphatic hydroxyl groups is 3. The standard InChI is InChI=1S/C27H31N3O8/c1-29(2)16-11-12(7-6-8-38-5)21(31)18-14(16)9-13-10-15-20(30(3)4)23(33)19(26(28)36)25(35)27(15,37)24(34)17(13)22(18)32/h11,13,15,20,31-32,35,37H,8-10H2,1-5H3,(H2,28,36)/t13-,15-,20+,27-/m0/s1. The zero-order chi connectivity index (χ0) is 28.3. The first-order valence-corrected chi connectivity index (χ1v) is 12.0. The molecular weight excluding hydrogens is 494 g/mol. The number of nitrogens with zero attached hydrogens (tertiary/aromatic N) is 2. The van der Waals surface area contributed by atoms with Crippen LogP contribution >= 0.6 is 0 Å². The summed E-state index contributed by atoms with van der Waals surface area (Å²) in [7, 11) is 8.17. The molecule has 0 aromatic heterocycles. The molecule has 0 bridgehead atoms. The van der Waals surface area contributed by atoms with Crippen LogP contribution in [-0.4, -0.2) is 96.3 Å². The number of rotatable bonds is 4. The number of aliphatic hydroxyl groups excluding tert-OH is 2. The van der Waals surface area contributed by atoms with Gasteiger partial charge in [0.1, 0.15) is 29.4 Å². The number of carbonyl (C=O) groups is 3. The maximum Gasteiger partial charge on any atom is 0.255 e. The summed E-state index contributed by atoms with van der Waals surface area (Å²) in [6.45, 7) is 0.107. The number of phenols is 1. The topological polar surface area (TPSA) is 174 Å². The Balaban J connectivity index is 1.99. The number of Topliss-reactive ketones (excluding diaryl/α,β-unsaturated/α-hetero) is 2. The van der Waals surface area contributed by atoms with Crippen molar-refractivity contribution in [1.82, 2.24) is 4.90 Å². The fraction of sp³-hybridized carbons (Fsp3) is 0.444. The Labute approximate surface area is 219 Å². The number of carbonyl (C=O) groups excluding carboxylic acids is 3. The van der Waals surface area contributed by atoms with Crippen LogP contribution < -0.4 is 10.6 Å². The first-order chi connectivity index (χ1) is 17.8. The Morgan fingerprint density at radius 1 is 1.21 bits per heavy atom. The molecule has 3 aliphatic carbocycles. The van der Waals surface area contributed by atoms with Crippen molar-refractivity contribution in [2.24, 2.45) is 17.6 Å². The Morgan fingerprint density at radius 3 is 2.42 bits per heavy atom. The molecule has 11 heteroatoms. The minimum absolute atomic E-state index is 0.00536. The van der Waals surface area contributed by atoms with Crippen LogP contribution in [0.4, 0.5) is 5.69 Å². The number of phenolic OH excluding ortho intramolecular Hbond substituents is 1. The molecule has 1 fully saturated rings. The van der Waals surface area contributed by atoms with Gasteiger partial charge < -0.3 is 35.8 Å². The molecule has 0 unspecified atom stereocenters. The van der Waals surface area contributed by atoms with Gasteiger partial charge in [-0.25, -0.2) is 0 Å². The zero-order valence-electron chi connectivity index (χ0n) is 21.8. The van der Waals surface area contributed by atoms with Gasteiger partial charge in [-0.1, -0.05) is 11.8 Å². The molecular formula is C27H31N3O8. The highest BCUT2D eigenvalue weighted by atomic mass is 16.5. The van der Waals surface area contributed by atoms with E-state index in [4.69, 9.17) is 10.5 Å². The van der Waals surface area contributed by atoms with E-state index in [1.54, 1.807) is 39.2 Å². The van der Waals surface area contributed by atoms with E-state index in [-0.39, 0.29) is 41.9 Å². The van der Waals surface area contributed by atoms with Crippen LogP contribution in [-0.2, 0) is 25.5 Å². The Kier molecular flexibility index (Phi) is 6.78. The number of amides is 1. The summed E-state index contributed by atoms with van der Waals surface area (Å²) < 4.78 is 4.94. The van der Waals surface area contributed by atoms with E-state index in [0.29, 0.717) is 11.3 Å². The lowest BCUT2D eigenvalue weighted by Crippen LogP contribution is -2.65. The van der Waals surface area contributed by atoms with E-state index in [9.17, 15) is 34.8 Å². The zero-order valence-corrected chi connectivity index (χ0v) is 21.8. The number of aromatic hydroxyl groups is 1. The summed E-state index contributed by atoms with van der Waals surface area (Å²) >= 11 is 0. The molecule has 38 heavy (non-hydrogen) atoms. The number of fused-ring (bicyclic) bond motifs is 3. The summed E-state index contributed by atoms with van der Waals surface area (Å²) in [6, 6.07) is 0.545. The van der Waals surface area contributed by atoms with Gasteiger partial charge in [-0.3, -0.25) is 19.3 Å². The molecule has 3 aliphatic rings. The van der Waals surface area contributed by atoms with Gasteiger partial charge in [-0.2, -0.15) is 0 Å². The first kappa shape index (κ1) is 27.2. The third-order valence-corrected chi connectivity index (χ3v) is 7.62. The fourth-order valence-corrected chi connectivity index (χ4v) is 5.99. The van der Waals surface area contributed by atoms with E-state index in [1.807, 2.05) is 0 Å². The number of hydrogen-bond donors (Lipinski definition) is 5. The second kappa shape index (κ2) is 9.47. The lowest BCUT2D eigenvalue weighted by atomic mass is 9.57. The van der Waals surface area contributed by atoms with Crippen molar-refractivity contribution in [3.8, 4) is 17.6 Å². The van der Waals surface area contributed by atoms with E-state index in [2.05, 4.69) is 11.8 Å². The lowest BCUT2D eigenvalue weighted by Gasteiger charge is -2.50. The molecule has 1 aromatic rings. The highest BCUT2D eigenvalue weighted by Gasteiger charge is 2.64. The van der Waals surface area contributed by atoms with Crippen molar-refractivity contribution in [2.75, 3.05) is 46.8 Å². The second-order valence-electron chi connectivity index (χ2n) is 10.2. The van der Waals surface area contributed by atoms with E-state index in [1.165, 1.54) is 12.0 Å². The van der Waals surface area contributed by atoms with E-state index in [0.717, 1.165) is 0 Å². The summed E-state index contributed by atoms with van der Waals surface area (Å²) in [5.74, 6) is -1.37. The van der Waals surface area contributed by atoms with Crippen LogP contribution in [0.5, 0.6) is 5.75 Å². The maximum atomic E-state index is 13.9. The number of likely N-dealkylation sites (N-methyl/N-ethyl adjacent to an activating group) is 1. The summed E-state index contributed by atoms with van der Waals surface area (Å²) in [5, 5.41) is 45.2. The van der Waals surface area contributed by atoms with Crippen molar-refractivity contribution in [3.63, 3.8) is 0 Å². The average Bonchev–Trinajstić information content (AvgIpc) is 2.82. The molecule has 0 aliphatic heterocycles. The minimum atomic E-state index is -2.68. The average molecular weight is 526 g/mol. The third-order valence-electron chi connectivity index (χ3n) is 7.62. The van der Waals surface area contributed by atoms with Crippen molar-refractivity contribution in [2.45, 2.75) is 24.5 Å². The van der Waals surface area contributed by atoms with Gasteiger partial charge in [0.25, 0.3) is 5.91 Å². The molecule has 0 spiro atoms. The molecule has 4 atom stereocenters. The molecule has 1 aromatic carbocycles. The second-order valence-corrected chi connectivity index (χ2v) is 10.2. The Morgan fingerprint density at radius 2 is 1.87 bits per heavy atom. The smallest absolute Gasteiger partial charge is 0.255 e. The normalized spacial score (nSPS) is 26.4. The summed E-state index contributed by atoms with van der Waals surface area (Å²) in [4.78, 5) is 42.5. The van der Waals surface area contributed by atoms with Crippen LogP contribution in [0.3, 0.4) is 0 Å². The molecule has 1 amide bonds. The summed E-state index contributed by atoms with van der Waals surface area (Å²) in [5.41, 5.74) is 3.03. The van der Waals surface area contributed by atoms with Gasteiger partial charge in [0.2, 0.25) is 5.78 Å². The van der Waals surface area contributed by atoms with Crippen molar-refractivity contribution < 1.29 is 39.5 Å². The minimum Gasteiger partial charge on any atom is -0.508 e. The van der Waals surface area contributed by atoms with Crippen molar-refractivity contribution in [1.29, 1.82) is 0 Å². The fourth-order valence-electron chi connectivity index (χ4n) is 5.99. The molecule has 11 nitrogen and oxygen atoms in total. The quantitative estimate of drug-likeness (QED) is 0.266. The van der Waals surface area contributed by atoms with Crippen LogP contribution in [0, 0.1) is 23.7 Å².